The molecule has 0 spiro atoms. The van der Waals surface area contributed by atoms with Crippen LogP contribution in [-0.2, 0) is 0 Å². The van der Waals surface area contributed by atoms with E-state index in [0.29, 0.717) is 11.5 Å². The molecule has 2 aromatic heterocycles. The van der Waals surface area contributed by atoms with E-state index in [-0.39, 0.29) is 0 Å². The number of nitriles is 1. The average Bonchev–Trinajstić information content (AvgIpc) is 2.47. The van der Waals surface area contributed by atoms with Crippen LogP contribution in [-0.4, -0.2) is 15.7 Å². The van der Waals surface area contributed by atoms with E-state index in [1.165, 1.54) is 0 Å². The van der Waals surface area contributed by atoms with Crippen LogP contribution in [0.5, 0.6) is 0 Å². The third-order valence-corrected chi connectivity index (χ3v) is 3.92. The molecule has 0 aliphatic heterocycles. The molecule has 3 nitrogen and oxygen atoms in total. The molecule has 20 heavy (non-hydrogen) atoms. The zero-order valence-electron chi connectivity index (χ0n) is 11.7. The molecule has 2 heterocycles. The highest BCUT2D eigenvalue weighted by Crippen LogP contribution is 2.26. The van der Waals surface area contributed by atoms with E-state index in [2.05, 4.69) is 29.9 Å². The summed E-state index contributed by atoms with van der Waals surface area (Å²) in [5.41, 5.74) is 2.56. The molecule has 0 saturated heterocycles. The Labute approximate surface area is 124 Å². The molecule has 2 aromatic rings. The summed E-state index contributed by atoms with van der Waals surface area (Å²) in [7, 11) is 0. The quantitative estimate of drug-likeness (QED) is 0.773. The molecule has 102 valence electrons. The largest absolute Gasteiger partial charge is 0.265 e. The molecular weight excluding hydrogens is 266 g/mol. The Morgan fingerprint density at radius 1 is 1.20 bits per heavy atom. The van der Waals surface area contributed by atoms with Crippen molar-refractivity contribution in [3.05, 3.63) is 42.2 Å². The van der Waals surface area contributed by atoms with Crippen LogP contribution in [0.3, 0.4) is 0 Å². The zero-order chi connectivity index (χ0) is 14.4. The van der Waals surface area contributed by atoms with Gasteiger partial charge in [-0.3, -0.25) is 4.98 Å². The minimum Gasteiger partial charge on any atom is -0.265 e. The van der Waals surface area contributed by atoms with Crippen molar-refractivity contribution >= 4 is 11.8 Å². The highest BCUT2D eigenvalue weighted by atomic mass is 32.2. The SMILES string of the molecule is CC(C)CCSc1nc(-c2ccncc2)ccc1C#N. The molecule has 0 fully saturated rings. The van der Waals surface area contributed by atoms with E-state index in [9.17, 15) is 5.26 Å². The Morgan fingerprint density at radius 2 is 1.95 bits per heavy atom. The maximum absolute atomic E-state index is 9.18. The van der Waals surface area contributed by atoms with E-state index in [1.807, 2.05) is 24.3 Å². The van der Waals surface area contributed by atoms with Crippen LogP contribution in [0.2, 0.25) is 0 Å². The van der Waals surface area contributed by atoms with Gasteiger partial charge in [-0.1, -0.05) is 13.8 Å². The molecular formula is C16H17N3S. The minimum absolute atomic E-state index is 0.650. The highest BCUT2D eigenvalue weighted by Gasteiger charge is 2.08. The van der Waals surface area contributed by atoms with Gasteiger partial charge in [-0.25, -0.2) is 4.98 Å². The monoisotopic (exact) mass is 283 g/mol. The molecule has 0 unspecified atom stereocenters. The van der Waals surface area contributed by atoms with Crippen molar-refractivity contribution in [2.75, 3.05) is 5.75 Å². The highest BCUT2D eigenvalue weighted by molar-refractivity contribution is 7.99. The second kappa shape index (κ2) is 7.06. The van der Waals surface area contributed by atoms with Crippen LogP contribution in [0.4, 0.5) is 0 Å². The summed E-state index contributed by atoms with van der Waals surface area (Å²) in [5, 5.41) is 10.00. The van der Waals surface area contributed by atoms with Crippen molar-refractivity contribution < 1.29 is 0 Å². The third-order valence-electron chi connectivity index (χ3n) is 2.89. The second-order valence-electron chi connectivity index (χ2n) is 4.93. The van der Waals surface area contributed by atoms with Gasteiger partial charge in [0.2, 0.25) is 0 Å². The number of thioether (sulfide) groups is 1. The molecule has 0 amide bonds. The van der Waals surface area contributed by atoms with Gasteiger partial charge in [0.25, 0.3) is 0 Å². The topological polar surface area (TPSA) is 49.6 Å². The fourth-order valence-electron chi connectivity index (χ4n) is 1.71. The first-order chi connectivity index (χ1) is 9.70. The molecule has 0 aliphatic rings. The standard InChI is InChI=1S/C16H17N3S/c1-12(2)7-10-20-16-14(11-17)3-4-15(19-16)13-5-8-18-9-6-13/h3-6,8-9,12H,7,10H2,1-2H3. The number of hydrogen-bond acceptors (Lipinski definition) is 4. The average molecular weight is 283 g/mol. The fraction of sp³-hybridized carbons (Fsp3) is 0.312. The van der Waals surface area contributed by atoms with Gasteiger partial charge in [-0.15, -0.1) is 11.8 Å². The van der Waals surface area contributed by atoms with Gasteiger partial charge in [-0.2, -0.15) is 5.26 Å². The Morgan fingerprint density at radius 3 is 2.60 bits per heavy atom. The van der Waals surface area contributed by atoms with Crippen LogP contribution in [0.15, 0.2) is 41.7 Å². The summed E-state index contributed by atoms with van der Waals surface area (Å²) in [4.78, 5) is 8.63. The first kappa shape index (κ1) is 14.5. The molecule has 2 rings (SSSR count). The van der Waals surface area contributed by atoms with Gasteiger partial charge in [0.05, 0.1) is 11.3 Å². The zero-order valence-corrected chi connectivity index (χ0v) is 12.5. The van der Waals surface area contributed by atoms with Crippen molar-refractivity contribution in [1.29, 1.82) is 5.26 Å². The number of aromatic nitrogens is 2. The number of nitrogens with zero attached hydrogens (tertiary/aromatic N) is 3. The minimum atomic E-state index is 0.650. The van der Waals surface area contributed by atoms with Crippen molar-refractivity contribution in [1.82, 2.24) is 9.97 Å². The lowest BCUT2D eigenvalue weighted by atomic mass is 10.1. The molecule has 0 aliphatic carbocycles. The summed E-state index contributed by atoms with van der Waals surface area (Å²) in [6, 6.07) is 9.81. The van der Waals surface area contributed by atoms with Crippen molar-refractivity contribution in [3.8, 4) is 17.3 Å². The third kappa shape index (κ3) is 3.82. The van der Waals surface area contributed by atoms with Crippen LogP contribution in [0.1, 0.15) is 25.8 Å². The first-order valence-corrected chi connectivity index (χ1v) is 7.63. The van der Waals surface area contributed by atoms with Crippen LogP contribution in [0.25, 0.3) is 11.3 Å². The fourth-order valence-corrected chi connectivity index (χ4v) is 2.93. The lowest BCUT2D eigenvalue weighted by Gasteiger charge is -2.07. The van der Waals surface area contributed by atoms with Gasteiger partial charge in [-0.05, 0) is 42.4 Å². The van der Waals surface area contributed by atoms with E-state index in [4.69, 9.17) is 0 Å². The first-order valence-electron chi connectivity index (χ1n) is 6.65. The second-order valence-corrected chi connectivity index (χ2v) is 6.01. The predicted octanol–water partition coefficient (Wildman–Crippen LogP) is 4.15. The summed E-state index contributed by atoms with van der Waals surface area (Å²) >= 11 is 1.66. The Hall–Kier alpha value is -1.86. The predicted molar refractivity (Wildman–Crippen MR) is 82.4 cm³/mol. The molecule has 4 heteroatoms. The van der Waals surface area contributed by atoms with Gasteiger partial charge in [0, 0.05) is 18.0 Å². The smallest absolute Gasteiger partial charge is 0.115 e. The lowest BCUT2D eigenvalue weighted by Crippen LogP contribution is -1.94. The molecule has 0 aromatic carbocycles. The van der Waals surface area contributed by atoms with E-state index >= 15 is 0 Å². The normalized spacial score (nSPS) is 10.5. The lowest BCUT2D eigenvalue weighted by molar-refractivity contribution is 0.632. The number of rotatable bonds is 5. The van der Waals surface area contributed by atoms with Crippen LogP contribution < -0.4 is 0 Å². The number of pyridine rings is 2. The summed E-state index contributed by atoms with van der Waals surface area (Å²) in [6.07, 6.45) is 4.62. The van der Waals surface area contributed by atoms with Crippen molar-refractivity contribution in [2.45, 2.75) is 25.3 Å². The molecule has 0 N–H and O–H groups in total. The summed E-state index contributed by atoms with van der Waals surface area (Å²) < 4.78 is 0. The van der Waals surface area contributed by atoms with E-state index in [0.717, 1.165) is 28.5 Å². The van der Waals surface area contributed by atoms with Gasteiger partial charge in [0.15, 0.2) is 0 Å². The molecule has 0 atom stereocenters. The van der Waals surface area contributed by atoms with Gasteiger partial charge >= 0.3 is 0 Å². The van der Waals surface area contributed by atoms with E-state index in [1.54, 1.807) is 24.2 Å². The Kier molecular flexibility index (Phi) is 5.14. The number of hydrogen-bond donors (Lipinski definition) is 0. The van der Waals surface area contributed by atoms with Crippen LogP contribution in [0, 0.1) is 17.2 Å². The maximum Gasteiger partial charge on any atom is 0.115 e. The summed E-state index contributed by atoms with van der Waals surface area (Å²) in [6.45, 7) is 4.40. The molecule has 0 bridgehead atoms. The van der Waals surface area contributed by atoms with Crippen LogP contribution >= 0.6 is 11.8 Å². The van der Waals surface area contributed by atoms with Crippen molar-refractivity contribution in [3.63, 3.8) is 0 Å². The Balaban J connectivity index is 2.23. The van der Waals surface area contributed by atoms with Crippen molar-refractivity contribution in [2.24, 2.45) is 5.92 Å². The Bertz CT molecular complexity index is 603. The summed E-state index contributed by atoms with van der Waals surface area (Å²) in [5.74, 6) is 1.65. The molecule has 0 saturated carbocycles. The maximum atomic E-state index is 9.18. The van der Waals surface area contributed by atoms with Gasteiger partial charge in [0.1, 0.15) is 11.1 Å². The molecule has 0 radical (unpaired) electrons. The van der Waals surface area contributed by atoms with E-state index < -0.39 is 0 Å². The van der Waals surface area contributed by atoms with Gasteiger partial charge < -0.3 is 0 Å².